The van der Waals surface area contributed by atoms with Gasteiger partial charge in [0.15, 0.2) is 0 Å². The van der Waals surface area contributed by atoms with Crippen molar-refractivity contribution < 1.29 is 0 Å². The predicted octanol–water partition coefficient (Wildman–Crippen LogP) is 3.99. The van der Waals surface area contributed by atoms with Crippen LogP contribution in [0.1, 0.15) is 53.4 Å². The molecule has 0 amide bonds. The van der Waals surface area contributed by atoms with Crippen LogP contribution >= 0.6 is 0 Å². The molecule has 1 aliphatic rings. The summed E-state index contributed by atoms with van der Waals surface area (Å²) in [4.78, 5) is 0. The normalized spacial score (nSPS) is 27.9. The third kappa shape index (κ3) is 2.68. The molecule has 0 aliphatic heterocycles. The summed E-state index contributed by atoms with van der Waals surface area (Å²) >= 11 is 0. The van der Waals surface area contributed by atoms with Gasteiger partial charge in [0.2, 0.25) is 0 Å². The molecule has 0 radical (unpaired) electrons. The first kappa shape index (κ1) is 13.8. The zero-order valence-electron chi connectivity index (χ0n) is 11.5. The SMILES string of the molecule is CCC(CC(CN)C1(CC)C=CC1)C(C)C. The fraction of sp³-hybridized carbons (Fsp3) is 0.867. The second-order valence-corrected chi connectivity index (χ2v) is 5.77. The first-order valence-corrected chi connectivity index (χ1v) is 6.97. The summed E-state index contributed by atoms with van der Waals surface area (Å²) in [5.74, 6) is 2.32. The van der Waals surface area contributed by atoms with Crippen LogP contribution in [-0.2, 0) is 0 Å². The van der Waals surface area contributed by atoms with Gasteiger partial charge in [0.1, 0.15) is 0 Å². The van der Waals surface area contributed by atoms with Crippen molar-refractivity contribution in [1.29, 1.82) is 0 Å². The van der Waals surface area contributed by atoms with Crippen LogP contribution in [0.3, 0.4) is 0 Å². The average molecular weight is 223 g/mol. The van der Waals surface area contributed by atoms with Crippen molar-refractivity contribution in [2.75, 3.05) is 6.54 Å². The molecule has 94 valence electrons. The molecule has 1 rings (SSSR count). The lowest BCUT2D eigenvalue weighted by Crippen LogP contribution is -2.38. The standard InChI is InChI=1S/C15H29N/c1-5-13(12(3)4)10-14(11-16)15(6-2)8-7-9-15/h7-8,12-14H,5-6,9-11,16H2,1-4H3. The molecule has 3 atom stereocenters. The smallest absolute Gasteiger partial charge is 0.00403 e. The summed E-state index contributed by atoms with van der Waals surface area (Å²) in [6.07, 6.45) is 9.82. The number of allylic oxidation sites excluding steroid dienone is 2. The minimum atomic E-state index is 0.442. The van der Waals surface area contributed by atoms with Gasteiger partial charge in [-0.3, -0.25) is 0 Å². The first-order valence-electron chi connectivity index (χ1n) is 6.97. The van der Waals surface area contributed by atoms with Crippen LogP contribution in [0.5, 0.6) is 0 Å². The van der Waals surface area contributed by atoms with Crippen LogP contribution in [0, 0.1) is 23.2 Å². The van der Waals surface area contributed by atoms with Crippen LogP contribution in [-0.4, -0.2) is 6.54 Å². The Kier molecular flexibility index (Phi) is 5.04. The molecule has 1 nitrogen and oxygen atoms in total. The Bertz CT molecular complexity index is 232. The summed E-state index contributed by atoms with van der Waals surface area (Å²) in [6.45, 7) is 10.2. The van der Waals surface area contributed by atoms with Crippen molar-refractivity contribution in [3.05, 3.63) is 12.2 Å². The maximum atomic E-state index is 6.01. The highest BCUT2D eigenvalue weighted by atomic mass is 14.6. The second-order valence-electron chi connectivity index (χ2n) is 5.77. The molecule has 0 aromatic carbocycles. The van der Waals surface area contributed by atoms with Crippen molar-refractivity contribution in [3.63, 3.8) is 0 Å². The summed E-state index contributed by atoms with van der Waals surface area (Å²) < 4.78 is 0. The van der Waals surface area contributed by atoms with Crippen LogP contribution in [0.15, 0.2) is 12.2 Å². The molecule has 0 bridgehead atoms. The maximum Gasteiger partial charge on any atom is -0.00403 e. The summed E-state index contributed by atoms with van der Waals surface area (Å²) in [5.41, 5.74) is 6.45. The van der Waals surface area contributed by atoms with E-state index in [-0.39, 0.29) is 0 Å². The van der Waals surface area contributed by atoms with Gasteiger partial charge < -0.3 is 5.73 Å². The van der Waals surface area contributed by atoms with E-state index in [1.54, 1.807) is 0 Å². The van der Waals surface area contributed by atoms with Gasteiger partial charge in [-0.05, 0) is 49.0 Å². The molecule has 0 saturated heterocycles. The zero-order valence-corrected chi connectivity index (χ0v) is 11.5. The molecule has 3 unspecified atom stereocenters. The quantitative estimate of drug-likeness (QED) is 0.649. The zero-order chi connectivity index (χ0) is 12.2. The van der Waals surface area contributed by atoms with E-state index in [1.165, 1.54) is 25.7 Å². The Labute approximate surface area is 101 Å². The third-order valence-electron chi connectivity index (χ3n) is 4.76. The number of rotatable bonds is 7. The van der Waals surface area contributed by atoms with Crippen LogP contribution in [0.2, 0.25) is 0 Å². The minimum absolute atomic E-state index is 0.442. The largest absolute Gasteiger partial charge is 0.330 e. The van der Waals surface area contributed by atoms with E-state index in [9.17, 15) is 0 Å². The topological polar surface area (TPSA) is 26.0 Å². The Morgan fingerprint density at radius 3 is 2.19 bits per heavy atom. The van der Waals surface area contributed by atoms with E-state index in [0.717, 1.165) is 18.4 Å². The second kappa shape index (κ2) is 5.86. The number of nitrogens with two attached hydrogens (primary N) is 1. The van der Waals surface area contributed by atoms with Crippen LogP contribution in [0.4, 0.5) is 0 Å². The molecular weight excluding hydrogens is 194 g/mol. The molecule has 1 heteroatoms. The van der Waals surface area contributed by atoms with E-state index in [4.69, 9.17) is 5.73 Å². The minimum Gasteiger partial charge on any atom is -0.330 e. The molecule has 0 aromatic heterocycles. The molecule has 0 fully saturated rings. The average Bonchev–Trinajstić information content (AvgIpc) is 2.21. The van der Waals surface area contributed by atoms with Gasteiger partial charge in [-0.1, -0.05) is 46.3 Å². The van der Waals surface area contributed by atoms with Gasteiger partial charge in [-0.15, -0.1) is 0 Å². The molecule has 16 heavy (non-hydrogen) atoms. The van der Waals surface area contributed by atoms with E-state index in [0.29, 0.717) is 11.3 Å². The Balaban J connectivity index is 2.64. The lowest BCUT2D eigenvalue weighted by Gasteiger charge is -2.43. The highest BCUT2D eigenvalue weighted by Gasteiger charge is 2.38. The van der Waals surface area contributed by atoms with Crippen LogP contribution < -0.4 is 5.73 Å². The Morgan fingerprint density at radius 1 is 1.31 bits per heavy atom. The van der Waals surface area contributed by atoms with Gasteiger partial charge >= 0.3 is 0 Å². The van der Waals surface area contributed by atoms with E-state index >= 15 is 0 Å². The third-order valence-corrected chi connectivity index (χ3v) is 4.76. The fourth-order valence-corrected chi connectivity index (χ4v) is 3.12. The van der Waals surface area contributed by atoms with Crippen molar-refractivity contribution in [3.8, 4) is 0 Å². The van der Waals surface area contributed by atoms with Crippen molar-refractivity contribution >= 4 is 0 Å². The molecule has 2 N–H and O–H groups in total. The van der Waals surface area contributed by atoms with Crippen molar-refractivity contribution in [2.45, 2.75) is 53.4 Å². The van der Waals surface area contributed by atoms with Crippen LogP contribution in [0.25, 0.3) is 0 Å². The highest BCUT2D eigenvalue weighted by Crippen LogP contribution is 2.46. The van der Waals surface area contributed by atoms with E-state index in [2.05, 4.69) is 39.8 Å². The predicted molar refractivity (Wildman–Crippen MR) is 72.3 cm³/mol. The summed E-state index contributed by atoms with van der Waals surface area (Å²) in [6, 6.07) is 0. The molecule has 0 spiro atoms. The van der Waals surface area contributed by atoms with Crippen molar-refractivity contribution in [2.24, 2.45) is 28.9 Å². The maximum absolute atomic E-state index is 6.01. The molecule has 0 heterocycles. The van der Waals surface area contributed by atoms with Gasteiger partial charge in [-0.2, -0.15) is 0 Å². The van der Waals surface area contributed by atoms with Gasteiger partial charge in [0, 0.05) is 0 Å². The monoisotopic (exact) mass is 223 g/mol. The Hall–Kier alpha value is -0.300. The lowest BCUT2D eigenvalue weighted by atomic mass is 9.62. The Morgan fingerprint density at radius 2 is 1.94 bits per heavy atom. The molecule has 1 aliphatic carbocycles. The molecule has 0 aromatic rings. The number of hydrogen-bond acceptors (Lipinski definition) is 1. The van der Waals surface area contributed by atoms with E-state index < -0.39 is 0 Å². The number of hydrogen-bond donors (Lipinski definition) is 1. The summed E-state index contributed by atoms with van der Waals surface area (Å²) in [7, 11) is 0. The molecule has 0 saturated carbocycles. The first-order chi connectivity index (χ1) is 7.59. The lowest BCUT2D eigenvalue weighted by molar-refractivity contribution is 0.150. The van der Waals surface area contributed by atoms with E-state index in [1.807, 2.05) is 0 Å². The van der Waals surface area contributed by atoms with Gasteiger partial charge in [0.05, 0.1) is 0 Å². The highest BCUT2D eigenvalue weighted by molar-refractivity contribution is 5.15. The fourth-order valence-electron chi connectivity index (χ4n) is 3.12. The molecular formula is C15H29N. The van der Waals surface area contributed by atoms with Gasteiger partial charge in [-0.25, -0.2) is 0 Å². The van der Waals surface area contributed by atoms with Gasteiger partial charge in [0.25, 0.3) is 0 Å². The van der Waals surface area contributed by atoms with Crippen molar-refractivity contribution in [1.82, 2.24) is 0 Å². The summed E-state index contributed by atoms with van der Waals surface area (Å²) in [5, 5.41) is 0.